The zero-order valence-corrected chi connectivity index (χ0v) is 12.1. The Balaban J connectivity index is 2.17. The third kappa shape index (κ3) is 2.93. The van der Waals surface area contributed by atoms with Crippen LogP contribution in [0.1, 0.15) is 35.3 Å². The Bertz CT molecular complexity index is 588. The van der Waals surface area contributed by atoms with Crippen molar-refractivity contribution in [2.24, 2.45) is 0 Å². The van der Waals surface area contributed by atoms with Gasteiger partial charge in [-0.2, -0.15) is 5.10 Å². The SMILES string of the molecule is COC(=O)c1nc(Nc2ccn(C(C)C)n2)sc1C. The van der Waals surface area contributed by atoms with Crippen LogP contribution in [0.2, 0.25) is 0 Å². The molecule has 0 aliphatic rings. The lowest BCUT2D eigenvalue weighted by Crippen LogP contribution is -2.04. The Labute approximate surface area is 115 Å². The summed E-state index contributed by atoms with van der Waals surface area (Å²) < 4.78 is 6.53. The molecule has 0 aliphatic carbocycles. The molecule has 0 aromatic carbocycles. The zero-order valence-electron chi connectivity index (χ0n) is 11.3. The molecule has 1 N–H and O–H groups in total. The van der Waals surface area contributed by atoms with Crippen LogP contribution in [0.25, 0.3) is 0 Å². The van der Waals surface area contributed by atoms with Gasteiger partial charge in [-0.1, -0.05) is 0 Å². The fourth-order valence-corrected chi connectivity index (χ4v) is 2.35. The summed E-state index contributed by atoms with van der Waals surface area (Å²) in [4.78, 5) is 16.5. The first-order chi connectivity index (χ1) is 9.01. The molecule has 0 amide bonds. The van der Waals surface area contributed by atoms with Crippen LogP contribution in [0.15, 0.2) is 12.3 Å². The number of rotatable bonds is 4. The van der Waals surface area contributed by atoms with E-state index in [0.717, 1.165) is 4.88 Å². The summed E-state index contributed by atoms with van der Waals surface area (Å²) in [5, 5.41) is 8.08. The maximum Gasteiger partial charge on any atom is 0.357 e. The number of carbonyl (C=O) groups is 1. The van der Waals surface area contributed by atoms with Crippen molar-refractivity contribution < 1.29 is 9.53 Å². The number of esters is 1. The molecule has 0 fully saturated rings. The molecule has 0 spiro atoms. The predicted molar refractivity (Wildman–Crippen MR) is 74.1 cm³/mol. The van der Waals surface area contributed by atoms with Gasteiger partial charge in [0.05, 0.1) is 7.11 Å². The molecule has 0 atom stereocenters. The molecule has 7 heteroatoms. The normalized spacial score (nSPS) is 10.8. The lowest BCUT2D eigenvalue weighted by Gasteiger charge is -2.03. The fraction of sp³-hybridized carbons (Fsp3) is 0.417. The van der Waals surface area contributed by atoms with E-state index in [1.165, 1.54) is 18.4 Å². The van der Waals surface area contributed by atoms with Gasteiger partial charge in [-0.25, -0.2) is 9.78 Å². The summed E-state index contributed by atoms with van der Waals surface area (Å²) in [6.07, 6.45) is 1.90. The number of nitrogens with zero attached hydrogens (tertiary/aromatic N) is 3. The zero-order chi connectivity index (χ0) is 14.0. The minimum atomic E-state index is -0.422. The second-order valence-corrected chi connectivity index (χ2v) is 5.52. The van der Waals surface area contributed by atoms with E-state index in [0.29, 0.717) is 22.7 Å². The molecule has 19 heavy (non-hydrogen) atoms. The number of thiazole rings is 1. The van der Waals surface area contributed by atoms with E-state index >= 15 is 0 Å². The monoisotopic (exact) mass is 280 g/mol. The number of carbonyl (C=O) groups excluding carboxylic acids is 1. The minimum absolute atomic E-state index is 0.305. The van der Waals surface area contributed by atoms with Crippen LogP contribution in [0.3, 0.4) is 0 Å². The predicted octanol–water partition coefficient (Wildman–Crippen LogP) is 2.76. The van der Waals surface area contributed by atoms with Crippen molar-refractivity contribution in [3.05, 3.63) is 22.8 Å². The Kier molecular flexibility index (Phi) is 3.84. The molecule has 0 radical (unpaired) electrons. The maximum absolute atomic E-state index is 11.5. The molecule has 0 unspecified atom stereocenters. The first kappa shape index (κ1) is 13.5. The van der Waals surface area contributed by atoms with Crippen molar-refractivity contribution in [3.63, 3.8) is 0 Å². The Hall–Kier alpha value is -1.89. The van der Waals surface area contributed by atoms with Gasteiger partial charge in [0.25, 0.3) is 0 Å². The van der Waals surface area contributed by atoms with Gasteiger partial charge in [0, 0.05) is 23.2 Å². The lowest BCUT2D eigenvalue weighted by atomic mass is 10.4. The van der Waals surface area contributed by atoms with Crippen molar-refractivity contribution in [1.29, 1.82) is 0 Å². The highest BCUT2D eigenvalue weighted by Crippen LogP contribution is 2.25. The van der Waals surface area contributed by atoms with Crippen molar-refractivity contribution in [3.8, 4) is 0 Å². The average Bonchev–Trinajstić information content (AvgIpc) is 2.96. The highest BCUT2D eigenvalue weighted by molar-refractivity contribution is 7.15. The molecular weight excluding hydrogens is 264 g/mol. The molecule has 0 saturated heterocycles. The number of ether oxygens (including phenoxy) is 1. The fourth-order valence-electron chi connectivity index (χ4n) is 1.54. The average molecular weight is 280 g/mol. The van der Waals surface area contributed by atoms with Crippen molar-refractivity contribution in [1.82, 2.24) is 14.8 Å². The van der Waals surface area contributed by atoms with Gasteiger partial charge in [0.1, 0.15) is 0 Å². The van der Waals surface area contributed by atoms with E-state index in [2.05, 4.69) is 34.0 Å². The summed E-state index contributed by atoms with van der Waals surface area (Å²) >= 11 is 1.40. The van der Waals surface area contributed by atoms with E-state index in [4.69, 9.17) is 0 Å². The first-order valence-electron chi connectivity index (χ1n) is 5.89. The van der Waals surface area contributed by atoms with E-state index in [1.807, 2.05) is 23.9 Å². The third-order valence-electron chi connectivity index (χ3n) is 2.55. The number of hydrogen-bond acceptors (Lipinski definition) is 6. The molecule has 0 saturated carbocycles. The Morgan fingerprint density at radius 3 is 2.84 bits per heavy atom. The van der Waals surface area contributed by atoms with E-state index < -0.39 is 5.97 Å². The summed E-state index contributed by atoms with van der Waals surface area (Å²) in [5.74, 6) is 0.286. The summed E-state index contributed by atoms with van der Waals surface area (Å²) in [6.45, 7) is 5.95. The van der Waals surface area contributed by atoms with Crippen LogP contribution >= 0.6 is 11.3 Å². The number of nitrogens with one attached hydrogen (secondary N) is 1. The number of hydrogen-bond donors (Lipinski definition) is 1. The second kappa shape index (κ2) is 5.40. The highest BCUT2D eigenvalue weighted by Gasteiger charge is 2.16. The van der Waals surface area contributed by atoms with Crippen LogP contribution in [-0.4, -0.2) is 27.8 Å². The standard InChI is InChI=1S/C12H16N4O2S/c1-7(2)16-6-5-9(15-16)13-12-14-10(8(3)19-12)11(17)18-4/h5-7H,1-4H3,(H,13,14,15). The second-order valence-electron chi connectivity index (χ2n) is 4.32. The molecule has 0 aliphatic heterocycles. The topological polar surface area (TPSA) is 69.0 Å². The van der Waals surface area contributed by atoms with Gasteiger partial charge in [-0.15, -0.1) is 11.3 Å². The number of anilines is 2. The summed E-state index contributed by atoms with van der Waals surface area (Å²) in [6, 6.07) is 2.17. The van der Waals surface area contributed by atoms with Crippen molar-refractivity contribution in [2.75, 3.05) is 12.4 Å². The van der Waals surface area contributed by atoms with Crippen molar-refractivity contribution >= 4 is 28.3 Å². The molecule has 0 bridgehead atoms. The number of methoxy groups -OCH3 is 1. The lowest BCUT2D eigenvalue weighted by molar-refractivity contribution is 0.0594. The summed E-state index contributed by atoms with van der Waals surface area (Å²) in [5.41, 5.74) is 0.346. The number of aromatic nitrogens is 3. The van der Waals surface area contributed by atoms with Crippen LogP contribution in [0.5, 0.6) is 0 Å². The molecule has 102 valence electrons. The summed E-state index contributed by atoms with van der Waals surface area (Å²) in [7, 11) is 1.35. The van der Waals surface area contributed by atoms with Crippen LogP contribution in [0, 0.1) is 6.92 Å². The van der Waals surface area contributed by atoms with Gasteiger partial charge in [0.2, 0.25) is 0 Å². The molecule has 2 aromatic rings. The van der Waals surface area contributed by atoms with Crippen LogP contribution < -0.4 is 5.32 Å². The van der Waals surface area contributed by atoms with Gasteiger partial charge < -0.3 is 10.1 Å². The van der Waals surface area contributed by atoms with E-state index in [9.17, 15) is 4.79 Å². The van der Waals surface area contributed by atoms with Crippen molar-refractivity contribution in [2.45, 2.75) is 26.8 Å². The van der Waals surface area contributed by atoms with E-state index in [-0.39, 0.29) is 0 Å². The largest absolute Gasteiger partial charge is 0.464 e. The highest BCUT2D eigenvalue weighted by atomic mass is 32.1. The van der Waals surface area contributed by atoms with Crippen LogP contribution in [-0.2, 0) is 4.74 Å². The molecule has 2 heterocycles. The molecule has 2 aromatic heterocycles. The van der Waals surface area contributed by atoms with Gasteiger partial charge >= 0.3 is 5.97 Å². The minimum Gasteiger partial charge on any atom is -0.464 e. The van der Waals surface area contributed by atoms with Gasteiger partial charge in [-0.05, 0) is 20.8 Å². The molecule has 2 rings (SSSR count). The smallest absolute Gasteiger partial charge is 0.357 e. The van der Waals surface area contributed by atoms with E-state index in [1.54, 1.807) is 0 Å². The quantitative estimate of drug-likeness (QED) is 0.872. The first-order valence-corrected chi connectivity index (χ1v) is 6.71. The van der Waals surface area contributed by atoms with Gasteiger partial charge in [-0.3, -0.25) is 4.68 Å². The Morgan fingerprint density at radius 2 is 2.26 bits per heavy atom. The van der Waals surface area contributed by atoms with Crippen LogP contribution in [0.4, 0.5) is 10.9 Å². The maximum atomic E-state index is 11.5. The molecular formula is C12H16N4O2S. The van der Waals surface area contributed by atoms with Gasteiger partial charge in [0.15, 0.2) is 16.6 Å². The molecule has 6 nitrogen and oxygen atoms in total. The third-order valence-corrected chi connectivity index (χ3v) is 3.43. The Morgan fingerprint density at radius 1 is 1.53 bits per heavy atom. The number of aryl methyl sites for hydroxylation is 1.